The number of aromatic nitrogens is 3. The third-order valence-corrected chi connectivity index (χ3v) is 7.04. The molecule has 2 heterocycles. The fourth-order valence-corrected chi connectivity index (χ4v) is 5.03. The molecule has 1 aromatic carbocycles. The van der Waals surface area contributed by atoms with Crippen LogP contribution in [0.15, 0.2) is 59.7 Å². The highest BCUT2D eigenvalue weighted by atomic mass is 79.9. The second-order valence-corrected chi connectivity index (χ2v) is 10.7. The number of anilines is 1. The average Bonchev–Trinajstić information content (AvgIpc) is 3.44. The summed E-state index contributed by atoms with van der Waals surface area (Å²) in [5.74, 6) is -0.412. The van der Waals surface area contributed by atoms with E-state index in [0.717, 1.165) is 10.0 Å². The molecule has 186 valence electrons. The number of hydrogen-bond donors (Lipinski definition) is 2. The number of nitrogens with two attached hydrogens (primary N) is 1. The molecule has 3 aromatic rings. The average molecular weight is 566 g/mol. The summed E-state index contributed by atoms with van der Waals surface area (Å²) in [6.45, 7) is 1.84. The fraction of sp³-hybridized carbons (Fsp3) is 0.348. The molecule has 1 saturated carbocycles. The lowest BCUT2D eigenvalue weighted by molar-refractivity contribution is 0.103. The van der Waals surface area contributed by atoms with Gasteiger partial charge >= 0.3 is 10.3 Å². The zero-order valence-corrected chi connectivity index (χ0v) is 21.2. The Morgan fingerprint density at radius 3 is 2.91 bits per heavy atom. The standard InChI is InChI=1S/C23H25BrFN5O4S/c1-14(16-3-2-4-18(24)9-16)30-6-5-17(11-30)22(31)19-10-27-13-28-23(19)29-21-8-15(7-20(21)25)12-34-35(26,32)33/h2-6,9-11,13-15,20-21H,7-8,12H2,1H3,(H2,26,32,33)(H,27,28,29)/t14?,15-,20+,21-/m1/s1. The summed E-state index contributed by atoms with van der Waals surface area (Å²) in [5, 5.41) is 7.86. The summed E-state index contributed by atoms with van der Waals surface area (Å²) in [6, 6.07) is 9.01. The molecule has 2 aromatic heterocycles. The minimum Gasteiger partial charge on any atom is -0.364 e. The van der Waals surface area contributed by atoms with Gasteiger partial charge in [0.2, 0.25) is 0 Å². The molecule has 1 fully saturated rings. The Labute approximate surface area is 211 Å². The topological polar surface area (TPSA) is 129 Å². The summed E-state index contributed by atoms with van der Waals surface area (Å²) in [5.41, 5.74) is 1.75. The van der Waals surface area contributed by atoms with Gasteiger partial charge in [-0.3, -0.25) is 8.98 Å². The molecule has 9 nitrogen and oxygen atoms in total. The van der Waals surface area contributed by atoms with Crippen molar-refractivity contribution in [1.29, 1.82) is 0 Å². The van der Waals surface area contributed by atoms with Crippen LogP contribution in [0.4, 0.5) is 10.2 Å². The largest absolute Gasteiger partial charge is 0.364 e. The van der Waals surface area contributed by atoms with Gasteiger partial charge in [0, 0.05) is 28.6 Å². The Hall–Kier alpha value is -2.67. The van der Waals surface area contributed by atoms with E-state index in [1.54, 1.807) is 12.3 Å². The zero-order valence-electron chi connectivity index (χ0n) is 18.8. The van der Waals surface area contributed by atoms with Crippen molar-refractivity contribution in [2.75, 3.05) is 11.9 Å². The van der Waals surface area contributed by atoms with Crippen LogP contribution in [0.2, 0.25) is 0 Å². The van der Waals surface area contributed by atoms with Gasteiger partial charge in [-0.05, 0) is 49.4 Å². The van der Waals surface area contributed by atoms with E-state index in [9.17, 15) is 17.6 Å². The lowest BCUT2D eigenvalue weighted by Crippen LogP contribution is -2.27. The maximum atomic E-state index is 14.6. The van der Waals surface area contributed by atoms with Gasteiger partial charge in [0.15, 0.2) is 5.78 Å². The Morgan fingerprint density at radius 1 is 1.37 bits per heavy atom. The first-order valence-electron chi connectivity index (χ1n) is 11.0. The number of carbonyl (C=O) groups is 1. The lowest BCUT2D eigenvalue weighted by atomic mass is 10.1. The molecule has 1 aliphatic carbocycles. The number of benzene rings is 1. The lowest BCUT2D eigenvalue weighted by Gasteiger charge is -2.17. The molecule has 1 aliphatic rings. The SMILES string of the molecule is CC(c1cccc(Br)c1)n1ccc(C(=O)c2cncnc2N[C@@H]2C[C@H](COS(N)(=O)=O)C[C@@H]2F)c1. The Balaban J connectivity index is 1.48. The molecule has 12 heteroatoms. The van der Waals surface area contributed by atoms with Gasteiger partial charge in [-0.25, -0.2) is 19.5 Å². The van der Waals surface area contributed by atoms with Crippen molar-refractivity contribution in [2.24, 2.45) is 11.1 Å². The van der Waals surface area contributed by atoms with Crippen molar-refractivity contribution in [3.05, 3.63) is 76.4 Å². The van der Waals surface area contributed by atoms with Crippen molar-refractivity contribution >= 4 is 37.8 Å². The van der Waals surface area contributed by atoms with Crippen LogP contribution in [-0.2, 0) is 14.5 Å². The summed E-state index contributed by atoms with van der Waals surface area (Å²) in [7, 11) is -4.09. The minimum absolute atomic E-state index is 0.000871. The van der Waals surface area contributed by atoms with E-state index in [4.69, 9.17) is 5.14 Å². The summed E-state index contributed by atoms with van der Waals surface area (Å²) in [4.78, 5) is 21.4. The van der Waals surface area contributed by atoms with Gasteiger partial charge in [-0.15, -0.1) is 0 Å². The van der Waals surface area contributed by atoms with Crippen molar-refractivity contribution in [3.63, 3.8) is 0 Å². The van der Waals surface area contributed by atoms with Gasteiger partial charge < -0.3 is 9.88 Å². The van der Waals surface area contributed by atoms with E-state index < -0.39 is 22.5 Å². The van der Waals surface area contributed by atoms with Crippen LogP contribution in [0.5, 0.6) is 0 Å². The Kier molecular flexibility index (Phi) is 7.64. The highest BCUT2D eigenvalue weighted by Gasteiger charge is 2.36. The molecular weight excluding hydrogens is 541 g/mol. The number of rotatable bonds is 9. The van der Waals surface area contributed by atoms with E-state index in [0.29, 0.717) is 12.0 Å². The normalized spacial score (nSPS) is 21.1. The molecule has 0 amide bonds. The fourth-order valence-electron chi connectivity index (χ4n) is 4.23. The van der Waals surface area contributed by atoms with Gasteiger partial charge in [-0.2, -0.15) is 8.42 Å². The molecule has 4 rings (SSSR count). The van der Waals surface area contributed by atoms with E-state index in [2.05, 4.69) is 35.4 Å². The Bertz CT molecular complexity index is 1320. The van der Waals surface area contributed by atoms with Crippen LogP contribution in [-0.4, -0.2) is 47.6 Å². The molecule has 4 atom stereocenters. The van der Waals surface area contributed by atoms with Gasteiger partial charge in [0.25, 0.3) is 0 Å². The molecule has 35 heavy (non-hydrogen) atoms. The third kappa shape index (κ3) is 6.31. The highest BCUT2D eigenvalue weighted by molar-refractivity contribution is 9.10. The van der Waals surface area contributed by atoms with Crippen LogP contribution in [0, 0.1) is 5.92 Å². The monoisotopic (exact) mass is 565 g/mol. The van der Waals surface area contributed by atoms with Crippen molar-refractivity contribution < 1.29 is 21.8 Å². The molecule has 3 N–H and O–H groups in total. The molecule has 0 saturated heterocycles. The molecule has 0 bridgehead atoms. The first-order valence-corrected chi connectivity index (χ1v) is 13.2. The van der Waals surface area contributed by atoms with E-state index >= 15 is 0 Å². The quantitative estimate of drug-likeness (QED) is 0.379. The van der Waals surface area contributed by atoms with Crippen LogP contribution in [0.25, 0.3) is 0 Å². The van der Waals surface area contributed by atoms with Crippen molar-refractivity contribution in [2.45, 2.75) is 38.0 Å². The number of carbonyl (C=O) groups excluding carboxylic acids is 1. The van der Waals surface area contributed by atoms with Crippen LogP contribution in [0.3, 0.4) is 0 Å². The number of ketones is 1. The van der Waals surface area contributed by atoms with E-state index in [-0.39, 0.29) is 42.2 Å². The number of halogens is 2. The predicted octanol–water partition coefficient (Wildman–Crippen LogP) is 3.63. The predicted molar refractivity (Wildman–Crippen MR) is 132 cm³/mol. The Morgan fingerprint density at radius 2 is 2.17 bits per heavy atom. The molecule has 0 radical (unpaired) electrons. The maximum absolute atomic E-state index is 14.6. The second-order valence-electron chi connectivity index (χ2n) is 8.57. The van der Waals surface area contributed by atoms with Crippen LogP contribution in [0.1, 0.15) is 47.3 Å². The molecule has 0 spiro atoms. The third-order valence-electron chi connectivity index (χ3n) is 6.08. The van der Waals surface area contributed by atoms with E-state index in [1.807, 2.05) is 42.0 Å². The smallest absolute Gasteiger partial charge is 0.333 e. The first-order chi connectivity index (χ1) is 16.6. The molecule has 0 aliphatic heterocycles. The van der Waals surface area contributed by atoms with Crippen LogP contribution >= 0.6 is 15.9 Å². The highest BCUT2D eigenvalue weighted by Crippen LogP contribution is 2.32. The summed E-state index contributed by atoms with van der Waals surface area (Å²) < 4.78 is 44.2. The van der Waals surface area contributed by atoms with Gasteiger partial charge in [0.1, 0.15) is 18.3 Å². The van der Waals surface area contributed by atoms with E-state index in [1.165, 1.54) is 12.5 Å². The first kappa shape index (κ1) is 25.4. The number of nitrogens with zero attached hydrogens (tertiary/aromatic N) is 3. The molecular formula is C23H25BrFN5O4S. The van der Waals surface area contributed by atoms with Crippen LogP contribution < -0.4 is 10.5 Å². The second kappa shape index (κ2) is 10.5. The van der Waals surface area contributed by atoms with Gasteiger partial charge in [0.05, 0.1) is 24.3 Å². The number of alkyl halides is 1. The van der Waals surface area contributed by atoms with Crippen molar-refractivity contribution in [1.82, 2.24) is 14.5 Å². The molecule has 1 unspecified atom stereocenters. The van der Waals surface area contributed by atoms with Crippen molar-refractivity contribution in [3.8, 4) is 0 Å². The summed E-state index contributed by atoms with van der Waals surface area (Å²) >= 11 is 3.48. The zero-order chi connectivity index (χ0) is 25.2. The summed E-state index contributed by atoms with van der Waals surface area (Å²) in [6.07, 6.45) is 5.42. The maximum Gasteiger partial charge on any atom is 0.333 e. The van der Waals surface area contributed by atoms with Gasteiger partial charge in [-0.1, -0.05) is 28.1 Å². The number of hydrogen-bond acceptors (Lipinski definition) is 7. The number of nitrogens with one attached hydrogen (secondary N) is 1. The minimum atomic E-state index is -4.09.